The average Bonchev–Trinajstić information content (AvgIpc) is 1.65. The van der Waals surface area contributed by atoms with Crippen LogP contribution in [0.3, 0.4) is 0 Å². The van der Waals surface area contributed by atoms with Gasteiger partial charge in [0.05, 0.1) is 97.1 Å². The molecular weight excluding hydrogens is 1730 g/mol. The van der Waals surface area contributed by atoms with E-state index in [9.17, 15) is 72.8 Å². The summed E-state index contributed by atoms with van der Waals surface area (Å²) in [6, 6.07) is 24.4. The summed E-state index contributed by atoms with van der Waals surface area (Å²) in [5.74, 6) is 1.49. The third-order valence-electron chi connectivity index (χ3n) is 15.6. The first-order valence-corrected chi connectivity index (χ1v) is 38.1. The molecular formula is C74H82Br2Cl3F10N6O17P. The van der Waals surface area contributed by atoms with E-state index < -0.39 is 50.2 Å². The van der Waals surface area contributed by atoms with E-state index in [1.54, 1.807) is 18.5 Å². The summed E-state index contributed by atoms with van der Waals surface area (Å²) in [4.78, 5) is 57.9. The standard InChI is InChI=1S/C20H20ClF2N3O2.C10H8BrClF2O3.C10H9ClF2O3.C10H10F2O3.C10H15N3.C9H10O3.C5H10BrF2O3P/c1-12-3-5-25(10-12)13-4-6-26-11-16(24-19(26)7-13)14-8-15(21)18(27-2)9-17(14)28-20(22)23;1-16-9-3-8(17-10(13)14)5(2-6(9)12)7(15)4-11;1-5(14)6-3-7(11)9(15-2)4-8(6)16-10(12)13;1-6(13)8-4-3-7(14-2)5-9(8)15-10(11)12;1-8-3-5-13(7-8)9-2-4-12-10(11)6-9;1-6(10)8-4-3-7(12-2)5-9(8)11;1-3-10-12(9,11-4-2)5(6,7)8/h4,6-9,11-12,20H,3,5,10H2,1-2H3;2-3,10H,4H2,1H3;3-4,10H,1-2H3;3-5,10H,1-2H3;2,4,6,8H,3,5,7H2,1H3,(H2,11,12);3-5,11H,1-2H3;3-4H2,1-2H3/t12-;;;;8-;;/m0...0../s1. The molecule has 23 nitrogen and oxygen atoms in total. The van der Waals surface area contributed by atoms with E-state index in [1.807, 2.05) is 50.8 Å². The summed E-state index contributed by atoms with van der Waals surface area (Å²) in [5.41, 5.74) is 9.92. The number of aromatic hydroxyl groups is 1. The third-order valence-corrected chi connectivity index (χ3v) is 20.1. The predicted octanol–water partition coefficient (Wildman–Crippen LogP) is 20.6. The number of benzene rings is 5. The molecule has 0 aliphatic carbocycles. The number of phenols is 1. The second kappa shape index (κ2) is 46.6. The minimum Gasteiger partial charge on any atom is -0.507 e. The Morgan fingerprint density at radius 2 is 1.00 bits per heavy atom. The van der Waals surface area contributed by atoms with Gasteiger partial charge >= 0.3 is 38.6 Å². The maximum Gasteiger partial charge on any atom is 0.410 e. The summed E-state index contributed by atoms with van der Waals surface area (Å²) in [6.07, 6.45) is 7.91. The van der Waals surface area contributed by atoms with Crippen molar-refractivity contribution in [2.45, 2.75) is 92.3 Å². The number of nitrogens with zero attached hydrogens (tertiary/aromatic N) is 5. The van der Waals surface area contributed by atoms with Crippen LogP contribution in [0.4, 0.5) is 61.1 Å². The Hall–Kier alpha value is -8.70. The first-order chi connectivity index (χ1) is 53.2. The van der Waals surface area contributed by atoms with Gasteiger partial charge in [0.15, 0.2) is 23.1 Å². The number of fused-ring (bicyclic) bond motifs is 1. The Labute approximate surface area is 676 Å². The van der Waals surface area contributed by atoms with Crippen molar-refractivity contribution in [2.75, 3.05) is 95.8 Å². The number of pyridine rings is 2. The Bertz CT molecular complexity index is 4500. The minimum atomic E-state index is -4.32. The summed E-state index contributed by atoms with van der Waals surface area (Å²) >= 11 is 22.7. The smallest absolute Gasteiger partial charge is 0.410 e. The molecule has 2 aliphatic heterocycles. The lowest BCUT2D eigenvalue weighted by molar-refractivity contribution is -0.0509. The number of hydrogen-bond donors (Lipinski definition) is 2. The van der Waals surface area contributed by atoms with Gasteiger partial charge in [0.2, 0.25) is 0 Å². The number of halogens is 15. The van der Waals surface area contributed by atoms with Gasteiger partial charge < -0.3 is 76.7 Å². The molecule has 620 valence electrons. The van der Waals surface area contributed by atoms with E-state index in [0.29, 0.717) is 45.1 Å². The second-order valence-corrected chi connectivity index (χ2v) is 29.1. The Morgan fingerprint density at radius 1 is 0.575 bits per heavy atom. The van der Waals surface area contributed by atoms with Crippen LogP contribution in [0.5, 0.6) is 57.5 Å². The molecule has 0 amide bonds. The second-order valence-electron chi connectivity index (χ2n) is 23.6. The number of ether oxygens (including phenoxy) is 9. The van der Waals surface area contributed by atoms with E-state index in [-0.39, 0.29) is 103 Å². The summed E-state index contributed by atoms with van der Waals surface area (Å²) in [7, 11) is 2.66. The zero-order valence-corrected chi connectivity index (χ0v) is 69.0. The molecule has 0 saturated carbocycles. The van der Waals surface area contributed by atoms with Crippen molar-refractivity contribution in [3.05, 3.63) is 153 Å². The Morgan fingerprint density at radius 3 is 1.41 bits per heavy atom. The molecule has 0 unspecified atom stereocenters. The van der Waals surface area contributed by atoms with Crippen LogP contribution in [0, 0.1) is 11.8 Å². The van der Waals surface area contributed by atoms with Crippen molar-refractivity contribution < 1.29 is 124 Å². The lowest BCUT2D eigenvalue weighted by atomic mass is 10.1. The van der Waals surface area contributed by atoms with Crippen LogP contribution in [0.1, 0.15) is 103 Å². The summed E-state index contributed by atoms with van der Waals surface area (Å²) < 4.78 is 183. The Balaban J connectivity index is 0.000000285. The zero-order chi connectivity index (χ0) is 84.8. The molecule has 39 heteroatoms. The van der Waals surface area contributed by atoms with Gasteiger partial charge in [-0.15, -0.1) is 0 Å². The van der Waals surface area contributed by atoms with Gasteiger partial charge in [-0.1, -0.05) is 64.6 Å². The number of rotatable bonds is 26. The number of alkyl halides is 12. The molecule has 0 spiro atoms. The number of anilines is 3. The first-order valence-electron chi connectivity index (χ1n) is 33.5. The monoisotopic (exact) mass is 1810 g/mol. The topological polar surface area (TPSA) is 270 Å². The Kier molecular flexibility index (Phi) is 39.9. The number of phenolic OH excluding ortho intramolecular Hbond substituents is 1. The number of methoxy groups -OCH3 is 5. The lowest BCUT2D eigenvalue weighted by Gasteiger charge is -2.20. The van der Waals surface area contributed by atoms with E-state index in [1.165, 1.54) is 143 Å². The van der Waals surface area contributed by atoms with Crippen LogP contribution in [0.2, 0.25) is 15.1 Å². The number of carbonyl (C=O) groups is 4. The van der Waals surface area contributed by atoms with Crippen molar-refractivity contribution in [1.29, 1.82) is 0 Å². The van der Waals surface area contributed by atoms with Crippen LogP contribution in [0.25, 0.3) is 16.9 Å². The van der Waals surface area contributed by atoms with E-state index in [0.717, 1.165) is 55.6 Å². The highest BCUT2D eigenvalue weighted by Gasteiger charge is 2.51. The molecule has 2 aliphatic rings. The van der Waals surface area contributed by atoms with Crippen molar-refractivity contribution in [3.8, 4) is 68.8 Å². The predicted molar refractivity (Wildman–Crippen MR) is 416 cm³/mol. The number of aromatic nitrogens is 3. The van der Waals surface area contributed by atoms with Crippen molar-refractivity contribution in [2.24, 2.45) is 11.8 Å². The number of carbonyl (C=O) groups excluding carboxylic acids is 4. The van der Waals surface area contributed by atoms with Crippen LogP contribution >= 0.6 is 74.3 Å². The molecule has 5 heterocycles. The fraction of sp³-hybridized carbons (Fsp3) is 0.378. The summed E-state index contributed by atoms with van der Waals surface area (Å²) in [5, 5.41) is 9.88. The van der Waals surface area contributed by atoms with Crippen molar-refractivity contribution in [3.63, 3.8) is 0 Å². The maximum absolute atomic E-state index is 12.9. The molecule has 2 fully saturated rings. The molecule has 0 bridgehead atoms. The van der Waals surface area contributed by atoms with Crippen LogP contribution in [-0.2, 0) is 13.6 Å². The molecule has 3 aromatic heterocycles. The average molecular weight is 1810 g/mol. The van der Waals surface area contributed by atoms with Crippen molar-refractivity contribution in [1.82, 2.24) is 14.4 Å². The van der Waals surface area contributed by atoms with E-state index >= 15 is 0 Å². The number of imidazole rings is 1. The van der Waals surface area contributed by atoms with Gasteiger partial charge in [-0.3, -0.25) is 23.7 Å². The van der Waals surface area contributed by atoms with Gasteiger partial charge in [0, 0.05) is 120 Å². The van der Waals surface area contributed by atoms with E-state index in [2.05, 4.69) is 77.5 Å². The highest BCUT2D eigenvalue weighted by molar-refractivity contribution is 9.11. The van der Waals surface area contributed by atoms with Gasteiger partial charge in [-0.25, -0.2) is 9.97 Å². The van der Waals surface area contributed by atoms with E-state index in [4.69, 9.17) is 64.2 Å². The minimum absolute atomic E-state index is 0.00824. The highest BCUT2D eigenvalue weighted by atomic mass is 79.9. The lowest BCUT2D eigenvalue weighted by Crippen LogP contribution is -2.19. The molecule has 3 N–H and O–H groups in total. The summed E-state index contributed by atoms with van der Waals surface area (Å²) in [6.45, 7) is 3.55. The number of hydrogen-bond acceptors (Lipinski definition) is 22. The molecule has 10 rings (SSSR count). The van der Waals surface area contributed by atoms with Gasteiger partial charge in [-0.2, -0.15) is 43.9 Å². The van der Waals surface area contributed by atoms with Crippen LogP contribution < -0.4 is 58.2 Å². The third kappa shape index (κ3) is 30.2. The fourth-order valence-electron chi connectivity index (χ4n) is 10.3. The van der Waals surface area contributed by atoms with Crippen LogP contribution in [-0.4, -0.2) is 154 Å². The molecule has 2 saturated heterocycles. The number of nitrogen functional groups attached to an aromatic ring is 1. The van der Waals surface area contributed by atoms with Crippen LogP contribution in [0.15, 0.2) is 116 Å². The molecule has 113 heavy (non-hydrogen) atoms. The zero-order valence-electron chi connectivity index (χ0n) is 62.7. The quantitative estimate of drug-likeness (QED) is 0.0221. The molecule has 2 atom stereocenters. The first kappa shape index (κ1) is 96.7. The normalized spacial score (nSPS) is 13.6. The van der Waals surface area contributed by atoms with Crippen molar-refractivity contribution >= 4 is 120 Å². The molecule has 0 radical (unpaired) electrons. The SMILES string of the molecule is CCOP(=O)(OCC)C(F)(F)Br.COc1cc(OC(F)F)c(-c2cn3ccc(N4CC[C@H](C)C4)cc3n2)cc1Cl.COc1cc(OC(F)F)c(C(=O)CBr)cc1Cl.COc1cc(OC(F)F)c(C(C)=O)cc1Cl.COc1ccc(C(C)=O)c(O)c1.COc1ccc(C(C)=O)c(OC(F)F)c1.C[C@H]1CCN(c2ccnc(N)c2)C1. The largest absolute Gasteiger partial charge is 0.507 e. The van der Waals surface area contributed by atoms with Gasteiger partial charge in [0.25, 0.3) is 0 Å². The number of ketones is 4. The molecule has 8 aromatic rings. The molecule has 5 aromatic carbocycles. The van der Waals surface area contributed by atoms with Gasteiger partial charge in [0.1, 0.15) is 69.0 Å². The number of Topliss-reactive ketones (excluding diaryl/α,β-unsaturated/α-hetero) is 4. The fourth-order valence-corrected chi connectivity index (χ4v) is 12.9. The van der Waals surface area contributed by atoms with Gasteiger partial charge in [-0.05, 0) is 114 Å². The maximum atomic E-state index is 12.9. The highest BCUT2D eigenvalue weighted by Crippen LogP contribution is 2.64. The number of nitrogens with two attached hydrogens (primary N) is 1.